The van der Waals surface area contributed by atoms with Crippen molar-refractivity contribution in [3.05, 3.63) is 17.0 Å². The van der Waals surface area contributed by atoms with Gasteiger partial charge in [0.15, 0.2) is 0 Å². The van der Waals surface area contributed by atoms with Gasteiger partial charge in [-0.25, -0.2) is 4.79 Å². The Morgan fingerprint density at radius 1 is 1.42 bits per heavy atom. The molecule has 2 atom stereocenters. The fourth-order valence-corrected chi connectivity index (χ4v) is 1.85. The summed E-state index contributed by atoms with van der Waals surface area (Å²) < 4.78 is 4.98. The molecule has 6 heteroatoms. The average molecular weight is 268 g/mol. The fourth-order valence-electron chi connectivity index (χ4n) is 1.85. The summed E-state index contributed by atoms with van der Waals surface area (Å²) in [5.41, 5.74) is 0.889. The first-order valence-electron chi connectivity index (χ1n) is 6.41. The van der Waals surface area contributed by atoms with Crippen LogP contribution in [0.1, 0.15) is 49.0 Å². The predicted octanol–water partition coefficient (Wildman–Crippen LogP) is 1.77. The van der Waals surface area contributed by atoms with Gasteiger partial charge >= 0.3 is 5.97 Å². The van der Waals surface area contributed by atoms with Crippen molar-refractivity contribution in [3.63, 3.8) is 0 Å². The Balaban J connectivity index is 2.94. The second kappa shape index (κ2) is 6.36. The van der Waals surface area contributed by atoms with Gasteiger partial charge < -0.3 is 14.9 Å². The highest BCUT2D eigenvalue weighted by Crippen LogP contribution is 2.15. The van der Waals surface area contributed by atoms with Gasteiger partial charge in [0, 0.05) is 0 Å². The largest absolute Gasteiger partial charge is 0.480 e. The molecule has 2 N–H and O–H groups in total. The van der Waals surface area contributed by atoms with E-state index in [1.54, 1.807) is 13.8 Å². The molecule has 1 heterocycles. The first-order valence-corrected chi connectivity index (χ1v) is 6.41. The molecule has 0 saturated heterocycles. The lowest BCUT2D eigenvalue weighted by molar-refractivity contribution is -0.140. The van der Waals surface area contributed by atoms with E-state index in [0.29, 0.717) is 29.9 Å². The van der Waals surface area contributed by atoms with Crippen molar-refractivity contribution in [2.75, 3.05) is 0 Å². The number of aryl methyl sites for hydroxylation is 2. The molecule has 106 valence electrons. The summed E-state index contributed by atoms with van der Waals surface area (Å²) in [6.45, 7) is 7.17. The van der Waals surface area contributed by atoms with Gasteiger partial charge in [-0.1, -0.05) is 32.3 Å². The van der Waals surface area contributed by atoms with Crippen LogP contribution in [0.3, 0.4) is 0 Å². The number of aromatic nitrogens is 1. The van der Waals surface area contributed by atoms with Crippen LogP contribution in [-0.2, 0) is 11.2 Å². The second-order valence-corrected chi connectivity index (χ2v) is 4.59. The highest BCUT2D eigenvalue weighted by Gasteiger charge is 2.28. The quantitative estimate of drug-likeness (QED) is 0.820. The standard InChI is InChI=1S/C13H20N2O4/c1-5-7(3)11(13(17)18)14-12(16)10-8(4)19-15-9(10)6-2/h7,11H,5-6H2,1-4H3,(H,14,16)(H,17,18)/t7?,11-/m0/s1. The molecule has 0 radical (unpaired) electrons. The lowest BCUT2D eigenvalue weighted by atomic mass is 9.98. The maximum absolute atomic E-state index is 12.2. The number of amides is 1. The third kappa shape index (κ3) is 3.33. The molecule has 1 aromatic rings. The van der Waals surface area contributed by atoms with E-state index in [1.165, 1.54) is 0 Å². The minimum atomic E-state index is -1.03. The molecular weight excluding hydrogens is 248 g/mol. The minimum absolute atomic E-state index is 0.147. The maximum Gasteiger partial charge on any atom is 0.326 e. The number of hydrogen-bond acceptors (Lipinski definition) is 4. The maximum atomic E-state index is 12.2. The lowest BCUT2D eigenvalue weighted by Gasteiger charge is -2.20. The minimum Gasteiger partial charge on any atom is -0.480 e. The lowest BCUT2D eigenvalue weighted by Crippen LogP contribution is -2.45. The van der Waals surface area contributed by atoms with E-state index >= 15 is 0 Å². The molecule has 0 spiro atoms. The van der Waals surface area contributed by atoms with E-state index in [1.807, 2.05) is 13.8 Å². The van der Waals surface area contributed by atoms with Gasteiger partial charge in [-0.2, -0.15) is 0 Å². The van der Waals surface area contributed by atoms with Crippen molar-refractivity contribution >= 4 is 11.9 Å². The first-order chi connectivity index (χ1) is 8.92. The molecule has 0 aliphatic carbocycles. The molecule has 1 amide bonds. The number of nitrogens with zero attached hydrogens (tertiary/aromatic N) is 1. The van der Waals surface area contributed by atoms with Crippen molar-refractivity contribution in [2.24, 2.45) is 5.92 Å². The number of hydrogen-bond donors (Lipinski definition) is 2. The van der Waals surface area contributed by atoms with Gasteiger partial charge in [0.2, 0.25) is 0 Å². The molecule has 1 rings (SSSR count). The van der Waals surface area contributed by atoms with Gasteiger partial charge in [-0.05, 0) is 19.3 Å². The van der Waals surface area contributed by atoms with Crippen molar-refractivity contribution in [2.45, 2.75) is 46.6 Å². The van der Waals surface area contributed by atoms with Crippen LogP contribution in [0.2, 0.25) is 0 Å². The van der Waals surface area contributed by atoms with Crippen molar-refractivity contribution in [1.82, 2.24) is 10.5 Å². The van der Waals surface area contributed by atoms with E-state index in [0.717, 1.165) is 0 Å². The molecule has 0 aromatic carbocycles. The number of nitrogens with one attached hydrogen (secondary N) is 1. The van der Waals surface area contributed by atoms with Gasteiger partial charge in [-0.15, -0.1) is 0 Å². The molecule has 0 saturated carbocycles. The van der Waals surface area contributed by atoms with Gasteiger partial charge in [0.25, 0.3) is 5.91 Å². The predicted molar refractivity (Wildman–Crippen MR) is 69.0 cm³/mol. The Hall–Kier alpha value is -1.85. The molecule has 1 aromatic heterocycles. The summed E-state index contributed by atoms with van der Waals surface area (Å²) in [6.07, 6.45) is 1.22. The SMILES string of the molecule is CCc1noc(C)c1C(=O)N[C@H](C(=O)O)C(C)CC. The van der Waals surface area contributed by atoms with Crippen molar-refractivity contribution in [1.29, 1.82) is 0 Å². The highest BCUT2D eigenvalue weighted by atomic mass is 16.5. The van der Waals surface area contributed by atoms with E-state index in [9.17, 15) is 9.59 Å². The number of aliphatic carboxylic acids is 1. The topological polar surface area (TPSA) is 92.4 Å². The Morgan fingerprint density at radius 2 is 2.05 bits per heavy atom. The van der Waals surface area contributed by atoms with Gasteiger partial charge in [-0.3, -0.25) is 4.79 Å². The number of carboxylic acids is 1. The molecule has 0 fully saturated rings. The third-order valence-electron chi connectivity index (χ3n) is 3.26. The summed E-state index contributed by atoms with van der Waals surface area (Å²) >= 11 is 0. The van der Waals surface area contributed by atoms with E-state index in [-0.39, 0.29) is 5.92 Å². The van der Waals surface area contributed by atoms with Crippen LogP contribution in [0.4, 0.5) is 0 Å². The van der Waals surface area contributed by atoms with Crippen molar-refractivity contribution < 1.29 is 19.2 Å². The third-order valence-corrected chi connectivity index (χ3v) is 3.26. The zero-order chi connectivity index (χ0) is 14.6. The second-order valence-electron chi connectivity index (χ2n) is 4.59. The van der Waals surface area contributed by atoms with Gasteiger partial charge in [0.05, 0.1) is 5.69 Å². The number of rotatable bonds is 6. The molecule has 1 unspecified atom stereocenters. The Morgan fingerprint density at radius 3 is 2.53 bits per heavy atom. The van der Waals surface area contributed by atoms with Gasteiger partial charge in [0.1, 0.15) is 17.4 Å². The highest BCUT2D eigenvalue weighted by molar-refractivity contribution is 5.98. The molecule has 19 heavy (non-hydrogen) atoms. The van der Waals surface area contributed by atoms with Crippen LogP contribution in [0.5, 0.6) is 0 Å². The van der Waals surface area contributed by atoms with Crippen LogP contribution < -0.4 is 5.32 Å². The van der Waals surface area contributed by atoms with Crippen LogP contribution in [0.15, 0.2) is 4.52 Å². The average Bonchev–Trinajstić information content (AvgIpc) is 2.75. The molecule has 0 aliphatic heterocycles. The number of carbonyl (C=O) groups excluding carboxylic acids is 1. The smallest absolute Gasteiger partial charge is 0.326 e. The van der Waals surface area contributed by atoms with E-state index in [2.05, 4.69) is 10.5 Å². The van der Waals surface area contributed by atoms with E-state index < -0.39 is 17.9 Å². The van der Waals surface area contributed by atoms with Crippen LogP contribution in [-0.4, -0.2) is 28.2 Å². The normalized spacial score (nSPS) is 13.9. The summed E-state index contributed by atoms with van der Waals surface area (Å²) in [5.74, 6) is -1.22. The fraction of sp³-hybridized carbons (Fsp3) is 0.615. The molecular formula is C13H20N2O4. The first kappa shape index (κ1) is 15.2. The molecule has 0 bridgehead atoms. The summed E-state index contributed by atoms with van der Waals surface area (Å²) in [4.78, 5) is 23.4. The number of carbonyl (C=O) groups is 2. The van der Waals surface area contributed by atoms with Crippen molar-refractivity contribution in [3.8, 4) is 0 Å². The molecule has 6 nitrogen and oxygen atoms in total. The zero-order valence-electron chi connectivity index (χ0n) is 11.7. The Bertz CT molecular complexity index is 467. The van der Waals surface area contributed by atoms with Crippen LogP contribution >= 0.6 is 0 Å². The Labute approximate surface area is 112 Å². The Kier molecular flexibility index (Phi) is 5.09. The molecule has 0 aliphatic rings. The van der Waals surface area contributed by atoms with Crippen LogP contribution in [0.25, 0.3) is 0 Å². The zero-order valence-corrected chi connectivity index (χ0v) is 11.7. The summed E-state index contributed by atoms with van der Waals surface area (Å²) in [7, 11) is 0. The van der Waals surface area contributed by atoms with E-state index in [4.69, 9.17) is 9.63 Å². The summed E-state index contributed by atoms with van der Waals surface area (Å²) in [6, 6.07) is -0.906. The monoisotopic (exact) mass is 268 g/mol. The van der Waals surface area contributed by atoms with Crippen LogP contribution in [0, 0.1) is 12.8 Å². The number of carboxylic acid groups (broad SMARTS) is 1. The summed E-state index contributed by atoms with van der Waals surface area (Å²) in [5, 5.41) is 15.5.